The fourth-order valence-corrected chi connectivity index (χ4v) is 2.56. The van der Waals surface area contributed by atoms with Crippen LogP contribution < -0.4 is 4.90 Å². The summed E-state index contributed by atoms with van der Waals surface area (Å²) < 4.78 is 4.62. The highest BCUT2D eigenvalue weighted by Crippen LogP contribution is 2.33. The van der Waals surface area contributed by atoms with E-state index in [1.54, 1.807) is 24.3 Å². The summed E-state index contributed by atoms with van der Waals surface area (Å²) in [7, 11) is 1.25. The van der Waals surface area contributed by atoms with E-state index >= 15 is 0 Å². The first-order valence-electron chi connectivity index (χ1n) is 6.40. The van der Waals surface area contributed by atoms with E-state index in [0.717, 1.165) is 4.90 Å². The average Bonchev–Trinajstić information content (AvgIpc) is 2.78. The van der Waals surface area contributed by atoms with Crippen molar-refractivity contribution in [1.82, 2.24) is 0 Å². The van der Waals surface area contributed by atoms with Gasteiger partial charge in [-0.2, -0.15) is 0 Å². The molecule has 6 heteroatoms. The molecule has 5 nitrogen and oxygen atoms in total. The van der Waals surface area contributed by atoms with Gasteiger partial charge in [-0.3, -0.25) is 9.59 Å². The van der Waals surface area contributed by atoms with Crippen molar-refractivity contribution >= 4 is 35.1 Å². The van der Waals surface area contributed by atoms with Gasteiger partial charge in [0.15, 0.2) is 0 Å². The van der Waals surface area contributed by atoms with Crippen LogP contribution >= 0.6 is 11.6 Å². The highest BCUT2D eigenvalue weighted by molar-refractivity contribution is 6.39. The van der Waals surface area contributed by atoms with Gasteiger partial charge in [-0.15, -0.1) is 0 Å². The third-order valence-electron chi connectivity index (χ3n) is 3.40. The van der Waals surface area contributed by atoms with E-state index in [9.17, 15) is 14.4 Å². The van der Waals surface area contributed by atoms with Gasteiger partial charge >= 0.3 is 5.97 Å². The van der Waals surface area contributed by atoms with Crippen molar-refractivity contribution in [2.24, 2.45) is 0 Å². The molecule has 0 radical (unpaired) electrons. The van der Waals surface area contributed by atoms with Crippen molar-refractivity contribution in [3.05, 3.63) is 64.2 Å². The number of carbonyl (C=O) groups is 3. The van der Waals surface area contributed by atoms with Crippen LogP contribution in [0.3, 0.4) is 0 Å². The Morgan fingerprint density at radius 3 is 2.41 bits per heavy atom. The number of hydrogen-bond acceptors (Lipinski definition) is 4. The molecular formula is C16H10ClNO4. The highest BCUT2D eigenvalue weighted by Gasteiger charge is 2.38. The fourth-order valence-electron chi connectivity index (χ4n) is 2.34. The number of nitrogens with zero attached hydrogens (tertiary/aromatic N) is 1. The smallest absolute Gasteiger partial charge is 0.337 e. The molecule has 0 spiro atoms. The van der Waals surface area contributed by atoms with Crippen LogP contribution in [0, 0.1) is 0 Å². The fraction of sp³-hybridized carbons (Fsp3) is 0.0625. The summed E-state index contributed by atoms with van der Waals surface area (Å²) >= 11 is 6.06. The quantitative estimate of drug-likeness (QED) is 0.631. The summed E-state index contributed by atoms with van der Waals surface area (Å²) in [5, 5.41) is 0.296. The molecule has 0 aliphatic carbocycles. The molecule has 2 aromatic rings. The van der Waals surface area contributed by atoms with E-state index in [1.165, 1.54) is 25.3 Å². The summed E-state index contributed by atoms with van der Waals surface area (Å²) in [6, 6.07) is 10.8. The summed E-state index contributed by atoms with van der Waals surface area (Å²) in [6.07, 6.45) is 0. The number of methoxy groups -OCH3 is 1. The van der Waals surface area contributed by atoms with Crippen LogP contribution in [0.25, 0.3) is 0 Å². The summed E-state index contributed by atoms with van der Waals surface area (Å²) in [4.78, 5) is 37.5. The Bertz CT molecular complexity index is 816. The second-order valence-electron chi connectivity index (χ2n) is 4.65. The van der Waals surface area contributed by atoms with Crippen LogP contribution in [0.4, 0.5) is 5.69 Å². The number of para-hydroxylation sites is 1. The molecule has 0 unspecified atom stereocenters. The standard InChI is InChI=1S/C16H10ClNO4/c1-22-16(21)9-6-7-10-11(8-9)15(20)18(14(10)19)13-5-3-2-4-12(13)17/h2-8H,1H3. The number of carbonyl (C=O) groups excluding carboxylic acids is 3. The third-order valence-corrected chi connectivity index (χ3v) is 3.72. The minimum atomic E-state index is -0.570. The van der Waals surface area contributed by atoms with Crippen molar-refractivity contribution in [2.45, 2.75) is 0 Å². The second kappa shape index (κ2) is 5.27. The zero-order chi connectivity index (χ0) is 15.9. The first-order chi connectivity index (χ1) is 10.5. The first kappa shape index (κ1) is 14.3. The molecule has 110 valence electrons. The second-order valence-corrected chi connectivity index (χ2v) is 5.06. The number of fused-ring (bicyclic) bond motifs is 1. The number of ether oxygens (including phenoxy) is 1. The van der Waals surface area contributed by atoms with Gasteiger partial charge < -0.3 is 4.74 Å². The molecule has 0 saturated heterocycles. The minimum absolute atomic E-state index is 0.160. The maximum absolute atomic E-state index is 12.5. The number of hydrogen-bond donors (Lipinski definition) is 0. The molecule has 0 atom stereocenters. The van der Waals surface area contributed by atoms with Crippen molar-refractivity contribution in [3.63, 3.8) is 0 Å². The maximum Gasteiger partial charge on any atom is 0.337 e. The van der Waals surface area contributed by atoms with E-state index in [1.807, 2.05) is 0 Å². The molecular weight excluding hydrogens is 306 g/mol. The topological polar surface area (TPSA) is 63.7 Å². The number of anilines is 1. The van der Waals surface area contributed by atoms with Gasteiger partial charge in [-0.25, -0.2) is 9.69 Å². The normalized spacial score (nSPS) is 13.3. The van der Waals surface area contributed by atoms with Crippen LogP contribution in [0.2, 0.25) is 5.02 Å². The molecule has 0 saturated carbocycles. The predicted molar refractivity (Wildman–Crippen MR) is 80.4 cm³/mol. The summed E-state index contributed by atoms with van der Waals surface area (Å²) in [6.45, 7) is 0. The number of imide groups is 1. The zero-order valence-corrected chi connectivity index (χ0v) is 12.3. The van der Waals surface area contributed by atoms with E-state index < -0.39 is 17.8 Å². The molecule has 0 aromatic heterocycles. The van der Waals surface area contributed by atoms with Crippen LogP contribution in [-0.4, -0.2) is 24.9 Å². The lowest BCUT2D eigenvalue weighted by Crippen LogP contribution is -2.29. The van der Waals surface area contributed by atoms with Gasteiger partial charge in [-0.1, -0.05) is 23.7 Å². The number of amides is 2. The van der Waals surface area contributed by atoms with Gasteiger partial charge in [0.1, 0.15) is 0 Å². The zero-order valence-electron chi connectivity index (χ0n) is 11.5. The van der Waals surface area contributed by atoms with E-state index in [0.29, 0.717) is 10.7 Å². The number of halogens is 1. The van der Waals surface area contributed by atoms with Gasteiger partial charge in [-0.05, 0) is 30.3 Å². The molecule has 2 aromatic carbocycles. The Labute approximate surface area is 131 Å². The monoisotopic (exact) mass is 315 g/mol. The highest BCUT2D eigenvalue weighted by atomic mass is 35.5. The molecule has 2 amide bonds. The third kappa shape index (κ3) is 2.07. The first-order valence-corrected chi connectivity index (χ1v) is 6.78. The Morgan fingerprint density at radius 1 is 1.05 bits per heavy atom. The molecule has 0 bridgehead atoms. The van der Waals surface area contributed by atoms with Gasteiger partial charge in [0.25, 0.3) is 11.8 Å². The summed E-state index contributed by atoms with van der Waals surface area (Å²) in [5.41, 5.74) is 0.920. The van der Waals surface area contributed by atoms with Crippen LogP contribution in [0.15, 0.2) is 42.5 Å². The number of rotatable bonds is 2. The molecule has 0 N–H and O–H groups in total. The van der Waals surface area contributed by atoms with Gasteiger partial charge in [0.2, 0.25) is 0 Å². The number of esters is 1. The van der Waals surface area contributed by atoms with E-state index in [-0.39, 0.29) is 16.7 Å². The average molecular weight is 316 g/mol. The molecule has 0 fully saturated rings. The minimum Gasteiger partial charge on any atom is -0.465 e. The molecule has 1 heterocycles. The van der Waals surface area contributed by atoms with E-state index in [4.69, 9.17) is 11.6 Å². The van der Waals surface area contributed by atoms with Crippen molar-refractivity contribution in [2.75, 3.05) is 12.0 Å². The molecule has 1 aliphatic rings. The van der Waals surface area contributed by atoms with Crippen molar-refractivity contribution < 1.29 is 19.1 Å². The molecule has 22 heavy (non-hydrogen) atoms. The van der Waals surface area contributed by atoms with Crippen LogP contribution in [-0.2, 0) is 4.74 Å². The lowest BCUT2D eigenvalue weighted by Gasteiger charge is -2.15. The Hall–Kier alpha value is -2.66. The van der Waals surface area contributed by atoms with Crippen molar-refractivity contribution in [1.29, 1.82) is 0 Å². The predicted octanol–water partition coefficient (Wildman–Crippen LogP) is 2.93. The van der Waals surface area contributed by atoms with Gasteiger partial charge in [0, 0.05) is 0 Å². The number of benzene rings is 2. The Kier molecular flexibility index (Phi) is 3.42. The molecule has 1 aliphatic heterocycles. The maximum atomic E-state index is 12.5. The van der Waals surface area contributed by atoms with E-state index in [2.05, 4.69) is 4.74 Å². The Morgan fingerprint density at radius 2 is 1.73 bits per heavy atom. The lowest BCUT2D eigenvalue weighted by atomic mass is 10.1. The molecule has 3 rings (SSSR count). The van der Waals surface area contributed by atoms with Crippen molar-refractivity contribution in [3.8, 4) is 0 Å². The van der Waals surface area contributed by atoms with Crippen LogP contribution in [0.5, 0.6) is 0 Å². The van der Waals surface area contributed by atoms with Crippen LogP contribution in [0.1, 0.15) is 31.1 Å². The Balaban J connectivity index is 2.09. The lowest BCUT2D eigenvalue weighted by molar-refractivity contribution is 0.0600. The summed E-state index contributed by atoms with van der Waals surface area (Å²) in [5.74, 6) is -1.55. The van der Waals surface area contributed by atoms with Gasteiger partial charge in [0.05, 0.1) is 34.5 Å². The largest absolute Gasteiger partial charge is 0.465 e. The SMILES string of the molecule is COC(=O)c1ccc2c(c1)C(=O)N(c1ccccc1Cl)C2=O.